The Bertz CT molecular complexity index is 447. The molecular formula is C12H20F3N5. The van der Waals surface area contributed by atoms with Crippen LogP contribution in [-0.4, -0.2) is 23.1 Å². The van der Waals surface area contributed by atoms with E-state index in [1.165, 1.54) is 0 Å². The molecule has 1 rings (SSSR count). The normalized spacial score (nSPS) is 13.4. The summed E-state index contributed by atoms with van der Waals surface area (Å²) in [6.07, 6.45) is -3.70. The molecule has 0 aromatic carbocycles. The van der Waals surface area contributed by atoms with Gasteiger partial charge in [0, 0.05) is 19.2 Å². The van der Waals surface area contributed by atoms with Crippen LogP contribution in [0.5, 0.6) is 0 Å². The smallest absolute Gasteiger partial charge is 0.357 e. The van der Waals surface area contributed by atoms with E-state index < -0.39 is 11.9 Å². The number of hydrogen-bond acceptors (Lipinski definition) is 5. The van der Waals surface area contributed by atoms with Gasteiger partial charge in [-0.2, -0.15) is 18.2 Å². The molecule has 0 saturated heterocycles. The molecule has 0 radical (unpaired) electrons. The summed E-state index contributed by atoms with van der Waals surface area (Å²) in [4.78, 5) is 8.99. The SMILES string of the molecule is CC(C)CC(C)N(C)c1cc(C(F)(F)F)nc(NN)n1. The van der Waals surface area contributed by atoms with Crippen molar-refractivity contribution in [2.75, 3.05) is 17.4 Å². The lowest BCUT2D eigenvalue weighted by molar-refractivity contribution is -0.141. The predicted molar refractivity (Wildman–Crippen MR) is 72.2 cm³/mol. The first-order valence-electron chi connectivity index (χ1n) is 6.30. The first-order valence-corrected chi connectivity index (χ1v) is 6.30. The summed E-state index contributed by atoms with van der Waals surface area (Å²) in [6.45, 7) is 6.04. The molecular weight excluding hydrogens is 271 g/mol. The van der Waals surface area contributed by atoms with E-state index in [1.807, 2.05) is 6.92 Å². The first kappa shape index (κ1) is 16.5. The number of nitrogen functional groups attached to an aromatic ring is 1. The van der Waals surface area contributed by atoms with Crippen molar-refractivity contribution in [2.24, 2.45) is 11.8 Å². The molecule has 0 spiro atoms. The highest BCUT2D eigenvalue weighted by Crippen LogP contribution is 2.30. The lowest BCUT2D eigenvalue weighted by Crippen LogP contribution is -2.31. The molecule has 8 heteroatoms. The highest BCUT2D eigenvalue weighted by atomic mass is 19.4. The van der Waals surface area contributed by atoms with Gasteiger partial charge in [-0.3, -0.25) is 5.43 Å². The Kier molecular flexibility index (Phi) is 5.15. The minimum Gasteiger partial charge on any atom is -0.357 e. The molecule has 1 atom stereocenters. The van der Waals surface area contributed by atoms with Crippen LogP contribution in [0.3, 0.4) is 0 Å². The van der Waals surface area contributed by atoms with E-state index in [4.69, 9.17) is 5.84 Å². The Balaban J connectivity index is 3.10. The van der Waals surface area contributed by atoms with Crippen molar-refractivity contribution in [3.63, 3.8) is 0 Å². The van der Waals surface area contributed by atoms with Crippen molar-refractivity contribution >= 4 is 11.8 Å². The summed E-state index contributed by atoms with van der Waals surface area (Å²) in [5, 5.41) is 0. The number of nitrogens with one attached hydrogen (secondary N) is 1. The van der Waals surface area contributed by atoms with Crippen molar-refractivity contribution < 1.29 is 13.2 Å². The number of anilines is 2. The highest BCUT2D eigenvalue weighted by molar-refractivity contribution is 5.45. The molecule has 20 heavy (non-hydrogen) atoms. The number of halogens is 3. The van der Waals surface area contributed by atoms with Gasteiger partial charge < -0.3 is 4.90 Å². The average Bonchev–Trinajstić information content (AvgIpc) is 2.35. The molecule has 0 aliphatic rings. The third-order valence-electron chi connectivity index (χ3n) is 2.97. The van der Waals surface area contributed by atoms with Crippen LogP contribution in [0.15, 0.2) is 6.07 Å². The minimum absolute atomic E-state index is 0.0524. The van der Waals surface area contributed by atoms with Gasteiger partial charge in [-0.15, -0.1) is 0 Å². The Labute approximate surface area is 116 Å². The van der Waals surface area contributed by atoms with Crippen molar-refractivity contribution in [1.29, 1.82) is 0 Å². The Morgan fingerprint density at radius 3 is 2.35 bits per heavy atom. The molecule has 5 nitrogen and oxygen atoms in total. The second-order valence-electron chi connectivity index (χ2n) is 5.17. The molecule has 0 aliphatic heterocycles. The quantitative estimate of drug-likeness (QED) is 0.645. The van der Waals surface area contributed by atoms with Crippen molar-refractivity contribution in [3.8, 4) is 0 Å². The fourth-order valence-corrected chi connectivity index (χ4v) is 1.89. The lowest BCUT2D eigenvalue weighted by Gasteiger charge is -2.28. The number of aromatic nitrogens is 2. The molecule has 0 saturated carbocycles. The summed E-state index contributed by atoms with van der Waals surface area (Å²) in [7, 11) is 1.70. The summed E-state index contributed by atoms with van der Waals surface area (Å²) in [6, 6.07) is 0.981. The number of rotatable bonds is 5. The van der Waals surface area contributed by atoms with Gasteiger partial charge in [0.2, 0.25) is 5.95 Å². The van der Waals surface area contributed by atoms with Crippen LogP contribution >= 0.6 is 0 Å². The van der Waals surface area contributed by atoms with Gasteiger partial charge in [0.1, 0.15) is 5.82 Å². The Morgan fingerprint density at radius 1 is 1.30 bits per heavy atom. The molecule has 3 N–H and O–H groups in total. The molecule has 0 amide bonds. The molecule has 114 valence electrons. The minimum atomic E-state index is -4.54. The summed E-state index contributed by atoms with van der Waals surface area (Å²) in [5.41, 5.74) is 1.05. The van der Waals surface area contributed by atoms with E-state index in [0.29, 0.717) is 5.92 Å². The van der Waals surface area contributed by atoms with Gasteiger partial charge in [0.15, 0.2) is 5.69 Å². The first-order chi connectivity index (χ1) is 9.15. The monoisotopic (exact) mass is 291 g/mol. The number of hydrogen-bond donors (Lipinski definition) is 2. The molecule has 1 aromatic heterocycles. The van der Waals surface area contributed by atoms with Gasteiger partial charge in [0.25, 0.3) is 0 Å². The lowest BCUT2D eigenvalue weighted by atomic mass is 10.0. The molecule has 0 fully saturated rings. The van der Waals surface area contributed by atoms with Crippen LogP contribution in [0.2, 0.25) is 0 Å². The van der Waals surface area contributed by atoms with Gasteiger partial charge in [0.05, 0.1) is 0 Å². The summed E-state index contributed by atoms with van der Waals surface area (Å²) in [5.74, 6) is 5.50. The average molecular weight is 291 g/mol. The van der Waals surface area contributed by atoms with Crippen molar-refractivity contribution in [2.45, 2.75) is 39.4 Å². The molecule has 1 heterocycles. The van der Waals surface area contributed by atoms with Crippen LogP contribution in [0, 0.1) is 5.92 Å². The van der Waals surface area contributed by atoms with Crippen molar-refractivity contribution in [3.05, 3.63) is 11.8 Å². The maximum atomic E-state index is 12.8. The highest BCUT2D eigenvalue weighted by Gasteiger charge is 2.34. The van der Waals surface area contributed by atoms with E-state index in [1.54, 1.807) is 11.9 Å². The molecule has 1 unspecified atom stereocenters. The number of alkyl halides is 3. The van der Waals surface area contributed by atoms with Crippen LogP contribution in [0.1, 0.15) is 32.9 Å². The van der Waals surface area contributed by atoms with E-state index >= 15 is 0 Å². The summed E-state index contributed by atoms with van der Waals surface area (Å²) < 4.78 is 38.3. The topological polar surface area (TPSA) is 67.1 Å². The Hall–Kier alpha value is -1.57. The third kappa shape index (κ3) is 4.22. The second-order valence-corrected chi connectivity index (χ2v) is 5.17. The standard InChI is InChI=1S/C12H20F3N5/c1-7(2)5-8(3)20(4)10-6-9(12(13,14)15)17-11(18-10)19-16/h6-8H,5,16H2,1-4H3,(H,17,18,19). The van der Waals surface area contributed by atoms with Crippen LogP contribution in [0.25, 0.3) is 0 Å². The second kappa shape index (κ2) is 6.25. The predicted octanol–water partition coefficient (Wildman–Crippen LogP) is 2.65. The third-order valence-corrected chi connectivity index (χ3v) is 2.97. The van der Waals surface area contributed by atoms with E-state index in [2.05, 4.69) is 29.2 Å². The summed E-state index contributed by atoms with van der Waals surface area (Å²) >= 11 is 0. The number of hydrazine groups is 1. The van der Waals surface area contributed by atoms with Gasteiger partial charge >= 0.3 is 6.18 Å². The zero-order valence-electron chi connectivity index (χ0n) is 12.0. The molecule has 0 bridgehead atoms. The van der Waals surface area contributed by atoms with Gasteiger partial charge in [-0.05, 0) is 19.3 Å². The molecule has 1 aromatic rings. The molecule has 0 aliphatic carbocycles. The van der Waals surface area contributed by atoms with Gasteiger partial charge in [-0.1, -0.05) is 13.8 Å². The van der Waals surface area contributed by atoms with E-state index in [0.717, 1.165) is 12.5 Å². The maximum Gasteiger partial charge on any atom is 0.433 e. The fraction of sp³-hybridized carbons (Fsp3) is 0.667. The van der Waals surface area contributed by atoms with E-state index in [-0.39, 0.29) is 17.8 Å². The van der Waals surface area contributed by atoms with Crippen LogP contribution in [0.4, 0.5) is 24.9 Å². The van der Waals surface area contributed by atoms with Crippen LogP contribution < -0.4 is 16.2 Å². The van der Waals surface area contributed by atoms with Crippen molar-refractivity contribution in [1.82, 2.24) is 9.97 Å². The number of nitrogens with zero attached hydrogens (tertiary/aromatic N) is 3. The Morgan fingerprint density at radius 2 is 1.90 bits per heavy atom. The largest absolute Gasteiger partial charge is 0.433 e. The number of nitrogens with two attached hydrogens (primary N) is 1. The zero-order valence-corrected chi connectivity index (χ0v) is 12.0. The van der Waals surface area contributed by atoms with Crippen LogP contribution in [-0.2, 0) is 6.18 Å². The van der Waals surface area contributed by atoms with Gasteiger partial charge in [-0.25, -0.2) is 10.8 Å². The fourth-order valence-electron chi connectivity index (χ4n) is 1.89. The van der Waals surface area contributed by atoms with E-state index in [9.17, 15) is 13.2 Å². The maximum absolute atomic E-state index is 12.8. The zero-order chi connectivity index (χ0) is 15.5.